The van der Waals surface area contributed by atoms with Gasteiger partial charge in [-0.3, -0.25) is 4.79 Å². The van der Waals surface area contributed by atoms with Gasteiger partial charge in [0.05, 0.1) is 12.5 Å². The Balaban J connectivity index is 1.50. The lowest BCUT2D eigenvalue weighted by atomic mass is 10.0. The molecule has 0 bridgehead atoms. The molecule has 0 saturated carbocycles. The highest BCUT2D eigenvalue weighted by atomic mass is 32.1. The van der Waals surface area contributed by atoms with Crippen molar-refractivity contribution in [2.24, 2.45) is 0 Å². The van der Waals surface area contributed by atoms with Crippen LogP contribution in [0.25, 0.3) is 32.5 Å². The van der Waals surface area contributed by atoms with E-state index in [-0.39, 0.29) is 5.56 Å². The largest absolute Gasteiger partial charge is 0.496 e. The average molecular weight is 425 g/mol. The van der Waals surface area contributed by atoms with Crippen LogP contribution in [-0.2, 0) is 6.42 Å². The van der Waals surface area contributed by atoms with Gasteiger partial charge in [-0.05, 0) is 22.8 Å². The summed E-state index contributed by atoms with van der Waals surface area (Å²) in [6, 6.07) is 26.3. The van der Waals surface area contributed by atoms with Crippen LogP contribution in [0, 0.1) is 0 Å². The number of H-pyrrole nitrogens is 1. The van der Waals surface area contributed by atoms with Gasteiger partial charge in [0.2, 0.25) is 0 Å². The molecule has 3 aromatic carbocycles. The van der Waals surface area contributed by atoms with Crippen molar-refractivity contribution in [2.75, 3.05) is 7.11 Å². The summed E-state index contributed by atoms with van der Waals surface area (Å²) in [5.74, 6) is 1.42. The Morgan fingerprint density at radius 2 is 1.55 bits per heavy atom. The molecule has 5 heteroatoms. The highest BCUT2D eigenvalue weighted by Gasteiger charge is 2.14. The summed E-state index contributed by atoms with van der Waals surface area (Å²) in [5.41, 5.74) is 5.12. The van der Waals surface area contributed by atoms with Gasteiger partial charge in [-0.15, -0.1) is 11.3 Å². The first-order valence-electron chi connectivity index (χ1n) is 10.0. The molecule has 0 atom stereocenters. The molecule has 0 saturated heterocycles. The highest BCUT2D eigenvalue weighted by Crippen LogP contribution is 2.32. The second-order valence-electron chi connectivity index (χ2n) is 7.27. The summed E-state index contributed by atoms with van der Waals surface area (Å²) in [7, 11) is 1.65. The van der Waals surface area contributed by atoms with Crippen LogP contribution in [-0.4, -0.2) is 17.1 Å². The van der Waals surface area contributed by atoms with Gasteiger partial charge in [-0.2, -0.15) is 0 Å². The average Bonchev–Trinajstić information content (AvgIpc) is 3.25. The summed E-state index contributed by atoms with van der Waals surface area (Å²) in [5, 5.41) is 2.65. The third-order valence-corrected chi connectivity index (χ3v) is 6.22. The lowest BCUT2D eigenvalue weighted by molar-refractivity contribution is 0.410. The second kappa shape index (κ2) is 8.20. The van der Waals surface area contributed by atoms with Crippen molar-refractivity contribution in [3.05, 3.63) is 106 Å². The standard InChI is InChI=1S/C26H20N2O2S/c1-30-22-10-6-5-9-20(22)15-23-27-25(29)24-21(16-31-26(24)28-23)19-13-11-18(12-14-19)17-7-3-2-4-8-17/h2-14,16H,15H2,1H3,(H,27,28,29). The van der Waals surface area contributed by atoms with Crippen molar-refractivity contribution in [1.82, 2.24) is 9.97 Å². The van der Waals surface area contributed by atoms with Crippen molar-refractivity contribution < 1.29 is 4.74 Å². The highest BCUT2D eigenvalue weighted by molar-refractivity contribution is 7.17. The number of fused-ring (bicyclic) bond motifs is 1. The molecule has 0 aliphatic heterocycles. The molecule has 0 aliphatic carbocycles. The predicted octanol–water partition coefficient (Wildman–Crippen LogP) is 5.92. The van der Waals surface area contributed by atoms with Crippen LogP contribution in [0.15, 0.2) is 89.0 Å². The summed E-state index contributed by atoms with van der Waals surface area (Å²) in [6.07, 6.45) is 0.508. The van der Waals surface area contributed by atoms with Gasteiger partial charge in [0.25, 0.3) is 5.56 Å². The van der Waals surface area contributed by atoms with Crippen LogP contribution in [0.3, 0.4) is 0 Å². The molecule has 5 rings (SSSR count). The molecule has 4 nitrogen and oxygen atoms in total. The minimum absolute atomic E-state index is 0.113. The number of ether oxygens (including phenoxy) is 1. The molecular weight excluding hydrogens is 404 g/mol. The van der Waals surface area contributed by atoms with E-state index >= 15 is 0 Å². The Kier molecular flexibility index (Phi) is 5.10. The van der Waals surface area contributed by atoms with E-state index in [0.717, 1.165) is 32.8 Å². The number of methoxy groups -OCH3 is 1. The zero-order valence-electron chi connectivity index (χ0n) is 17.0. The lowest BCUT2D eigenvalue weighted by Gasteiger charge is -2.08. The number of nitrogens with zero attached hydrogens (tertiary/aromatic N) is 1. The number of thiophene rings is 1. The van der Waals surface area contributed by atoms with Gasteiger partial charge >= 0.3 is 0 Å². The van der Waals surface area contributed by atoms with Gasteiger partial charge in [0, 0.05) is 22.9 Å². The Bertz CT molecular complexity index is 1400. The van der Waals surface area contributed by atoms with Crippen LogP contribution >= 0.6 is 11.3 Å². The fourth-order valence-corrected chi connectivity index (χ4v) is 4.76. The van der Waals surface area contributed by atoms with Crippen molar-refractivity contribution in [2.45, 2.75) is 6.42 Å². The van der Waals surface area contributed by atoms with Crippen molar-refractivity contribution in [1.29, 1.82) is 0 Å². The van der Waals surface area contributed by atoms with Crippen molar-refractivity contribution >= 4 is 21.6 Å². The first-order valence-corrected chi connectivity index (χ1v) is 10.9. The molecular formula is C26H20N2O2S. The summed E-state index contributed by atoms with van der Waals surface area (Å²) in [6.45, 7) is 0. The lowest BCUT2D eigenvalue weighted by Crippen LogP contribution is -2.12. The summed E-state index contributed by atoms with van der Waals surface area (Å²) >= 11 is 1.50. The Hall–Kier alpha value is -3.70. The predicted molar refractivity (Wildman–Crippen MR) is 127 cm³/mol. The number of hydrogen-bond donors (Lipinski definition) is 1. The van der Waals surface area contributed by atoms with Crippen LogP contribution < -0.4 is 10.3 Å². The molecule has 0 aliphatic rings. The molecule has 0 amide bonds. The summed E-state index contributed by atoms with van der Waals surface area (Å²) in [4.78, 5) is 21.4. The van der Waals surface area contributed by atoms with E-state index in [0.29, 0.717) is 17.6 Å². The van der Waals surface area contributed by atoms with Crippen LogP contribution in [0.5, 0.6) is 5.75 Å². The minimum Gasteiger partial charge on any atom is -0.496 e. The van der Waals surface area contributed by atoms with E-state index in [1.54, 1.807) is 7.11 Å². The maximum atomic E-state index is 13.0. The third kappa shape index (κ3) is 3.76. The number of rotatable bonds is 5. The maximum Gasteiger partial charge on any atom is 0.260 e. The van der Waals surface area contributed by atoms with Gasteiger partial charge in [0.15, 0.2) is 0 Å². The minimum atomic E-state index is -0.113. The number of aromatic amines is 1. The maximum absolute atomic E-state index is 13.0. The van der Waals surface area contributed by atoms with Gasteiger partial charge < -0.3 is 9.72 Å². The van der Waals surface area contributed by atoms with E-state index in [1.807, 2.05) is 47.8 Å². The monoisotopic (exact) mass is 424 g/mol. The SMILES string of the molecule is COc1ccccc1Cc1nc2scc(-c3ccc(-c4ccccc4)cc3)c2c(=O)[nH]1. The topological polar surface area (TPSA) is 55.0 Å². The Morgan fingerprint density at radius 3 is 2.32 bits per heavy atom. The van der Waals surface area contributed by atoms with E-state index in [9.17, 15) is 4.79 Å². The number of nitrogens with one attached hydrogen (secondary N) is 1. The summed E-state index contributed by atoms with van der Waals surface area (Å²) < 4.78 is 5.42. The molecule has 2 heterocycles. The Morgan fingerprint density at radius 1 is 0.871 bits per heavy atom. The normalized spacial score (nSPS) is 11.0. The second-order valence-corrected chi connectivity index (χ2v) is 8.13. The zero-order valence-corrected chi connectivity index (χ0v) is 17.8. The molecule has 0 unspecified atom stereocenters. The fourth-order valence-electron chi connectivity index (χ4n) is 3.79. The number of hydrogen-bond acceptors (Lipinski definition) is 4. The van der Waals surface area contributed by atoms with E-state index in [4.69, 9.17) is 9.72 Å². The number of para-hydroxylation sites is 1. The Labute approximate surface area is 183 Å². The molecule has 1 N–H and O–H groups in total. The van der Waals surface area contributed by atoms with Crippen LogP contribution in [0.4, 0.5) is 0 Å². The molecule has 0 radical (unpaired) electrons. The van der Waals surface area contributed by atoms with Crippen molar-refractivity contribution in [3.8, 4) is 28.0 Å². The van der Waals surface area contributed by atoms with Crippen molar-refractivity contribution in [3.63, 3.8) is 0 Å². The third-order valence-electron chi connectivity index (χ3n) is 5.35. The van der Waals surface area contributed by atoms with E-state index in [2.05, 4.69) is 41.4 Å². The molecule has 0 fully saturated rings. The van der Waals surface area contributed by atoms with Gasteiger partial charge in [-0.25, -0.2) is 4.98 Å². The molecule has 2 aromatic heterocycles. The molecule has 152 valence electrons. The van der Waals surface area contributed by atoms with E-state index < -0.39 is 0 Å². The quantitative estimate of drug-likeness (QED) is 0.381. The number of aromatic nitrogens is 2. The van der Waals surface area contributed by atoms with Crippen LogP contribution in [0.1, 0.15) is 11.4 Å². The van der Waals surface area contributed by atoms with E-state index in [1.165, 1.54) is 16.9 Å². The van der Waals surface area contributed by atoms with Crippen LogP contribution in [0.2, 0.25) is 0 Å². The van der Waals surface area contributed by atoms with Gasteiger partial charge in [0.1, 0.15) is 16.4 Å². The fraction of sp³-hybridized carbons (Fsp3) is 0.0769. The van der Waals surface area contributed by atoms with Gasteiger partial charge in [-0.1, -0.05) is 72.8 Å². The molecule has 5 aromatic rings. The smallest absolute Gasteiger partial charge is 0.260 e. The molecule has 31 heavy (non-hydrogen) atoms. The zero-order chi connectivity index (χ0) is 21.2. The number of benzene rings is 3. The molecule has 0 spiro atoms. The first kappa shape index (κ1) is 19.3. The first-order chi connectivity index (χ1) is 15.2.